The van der Waals surface area contributed by atoms with Gasteiger partial charge in [-0.2, -0.15) is 0 Å². The highest BCUT2D eigenvalue weighted by Crippen LogP contribution is 2.38. The minimum atomic E-state index is -0.838. The van der Waals surface area contributed by atoms with E-state index in [1.165, 1.54) is 33.1 Å². The third-order valence-electron chi connectivity index (χ3n) is 4.42. The van der Waals surface area contributed by atoms with E-state index in [4.69, 9.17) is 9.47 Å². The van der Waals surface area contributed by atoms with Gasteiger partial charge in [-0.25, -0.2) is 13.8 Å². The van der Waals surface area contributed by atoms with Gasteiger partial charge >= 0.3 is 0 Å². The third kappa shape index (κ3) is 4.72. The minimum Gasteiger partial charge on any atom is -0.494 e. The quantitative estimate of drug-likeness (QED) is 0.588. The van der Waals surface area contributed by atoms with Crippen molar-refractivity contribution in [3.63, 3.8) is 0 Å². The summed E-state index contributed by atoms with van der Waals surface area (Å²) in [5.41, 5.74) is 0.629. The van der Waals surface area contributed by atoms with Crippen molar-refractivity contribution >= 4 is 16.6 Å². The summed E-state index contributed by atoms with van der Waals surface area (Å²) in [5, 5.41) is 4.48. The fraction of sp³-hybridized carbons (Fsp3) is 0.364. The van der Waals surface area contributed by atoms with Crippen LogP contribution < -0.4 is 14.8 Å². The number of aryl methyl sites for hydroxylation is 1. The van der Waals surface area contributed by atoms with Crippen LogP contribution in [0.3, 0.4) is 0 Å². The average molecular weight is 403 g/mol. The highest BCUT2D eigenvalue weighted by Gasteiger charge is 2.23. The number of rotatable bonds is 5. The maximum absolute atomic E-state index is 14.7. The van der Waals surface area contributed by atoms with Crippen LogP contribution in [-0.2, 0) is 0 Å². The van der Waals surface area contributed by atoms with Crippen molar-refractivity contribution in [2.24, 2.45) is 0 Å². The first-order valence-corrected chi connectivity index (χ1v) is 9.47. The molecule has 0 bridgehead atoms. The number of hydrogen-bond acceptors (Lipinski definition) is 5. The van der Waals surface area contributed by atoms with Gasteiger partial charge < -0.3 is 14.8 Å². The molecule has 0 saturated carbocycles. The van der Waals surface area contributed by atoms with Crippen LogP contribution in [0.4, 0.5) is 14.6 Å². The molecular formula is C22H27F2N3O2. The summed E-state index contributed by atoms with van der Waals surface area (Å²) < 4.78 is 39.5. The van der Waals surface area contributed by atoms with Crippen LogP contribution >= 0.6 is 0 Å². The van der Waals surface area contributed by atoms with Crippen LogP contribution in [0.25, 0.3) is 22.0 Å². The fourth-order valence-electron chi connectivity index (χ4n) is 2.68. The summed E-state index contributed by atoms with van der Waals surface area (Å²) in [7, 11) is 4.30. The number of nitrogens with zero attached hydrogens (tertiary/aromatic N) is 2. The summed E-state index contributed by atoms with van der Waals surface area (Å²) in [5.74, 6) is -1.42. The number of methoxy groups -OCH3 is 2. The van der Waals surface area contributed by atoms with Crippen molar-refractivity contribution in [3.05, 3.63) is 41.7 Å². The highest BCUT2D eigenvalue weighted by molar-refractivity contribution is 5.94. The topological polar surface area (TPSA) is 56.3 Å². The SMILES string of the molecule is CCCC.CNc1nc(-c2c(F)c(OC)cc(OC)c2F)cc2cnc(C)cc12. The monoisotopic (exact) mass is 403 g/mol. The molecule has 0 atom stereocenters. The van der Waals surface area contributed by atoms with Gasteiger partial charge in [-0.05, 0) is 19.1 Å². The number of benzene rings is 1. The molecule has 0 saturated heterocycles. The van der Waals surface area contributed by atoms with Gasteiger partial charge in [-0.1, -0.05) is 26.7 Å². The van der Waals surface area contributed by atoms with Gasteiger partial charge in [0.15, 0.2) is 23.1 Å². The van der Waals surface area contributed by atoms with Crippen molar-refractivity contribution < 1.29 is 18.3 Å². The van der Waals surface area contributed by atoms with Crippen LogP contribution in [0.2, 0.25) is 0 Å². The smallest absolute Gasteiger partial charge is 0.177 e. The summed E-state index contributed by atoms with van der Waals surface area (Å²) in [6, 6.07) is 4.61. The number of nitrogens with one attached hydrogen (secondary N) is 1. The van der Waals surface area contributed by atoms with Crippen LogP contribution in [0.5, 0.6) is 11.5 Å². The molecule has 3 aromatic rings. The highest BCUT2D eigenvalue weighted by atomic mass is 19.1. The Hall–Kier alpha value is -2.96. The lowest BCUT2D eigenvalue weighted by Crippen LogP contribution is -2.02. The van der Waals surface area contributed by atoms with E-state index < -0.39 is 11.6 Å². The Kier molecular flexibility index (Phi) is 7.70. The van der Waals surface area contributed by atoms with Gasteiger partial charge in [0, 0.05) is 35.8 Å². The molecule has 0 aliphatic rings. The van der Waals surface area contributed by atoms with E-state index >= 15 is 0 Å². The molecule has 156 valence electrons. The van der Waals surface area contributed by atoms with Gasteiger partial charge in [-0.15, -0.1) is 0 Å². The lowest BCUT2D eigenvalue weighted by molar-refractivity contribution is 0.359. The molecule has 0 aliphatic heterocycles. The number of pyridine rings is 2. The maximum Gasteiger partial charge on any atom is 0.177 e. The predicted octanol–water partition coefficient (Wildman–Crippen LogP) is 5.75. The Labute approximate surface area is 170 Å². The van der Waals surface area contributed by atoms with Gasteiger partial charge in [0.25, 0.3) is 0 Å². The molecule has 0 fully saturated rings. The molecule has 1 N–H and O–H groups in total. The first kappa shape index (κ1) is 22.3. The Bertz CT molecular complexity index is 963. The van der Waals surface area contributed by atoms with E-state index in [9.17, 15) is 8.78 Å². The Morgan fingerprint density at radius 1 is 0.966 bits per heavy atom. The van der Waals surface area contributed by atoms with Crippen LogP contribution in [0, 0.1) is 18.6 Å². The van der Waals surface area contributed by atoms with E-state index in [1.807, 2.05) is 13.0 Å². The first-order valence-electron chi connectivity index (χ1n) is 9.47. The van der Waals surface area contributed by atoms with E-state index in [0.717, 1.165) is 11.1 Å². The molecule has 0 radical (unpaired) electrons. The van der Waals surface area contributed by atoms with Crippen LogP contribution in [0.15, 0.2) is 24.4 Å². The zero-order chi connectivity index (χ0) is 21.6. The van der Waals surface area contributed by atoms with Gasteiger partial charge in [-0.3, -0.25) is 4.98 Å². The number of ether oxygens (including phenoxy) is 2. The molecule has 0 unspecified atom stereocenters. The molecule has 0 aliphatic carbocycles. The molecule has 7 heteroatoms. The predicted molar refractivity (Wildman–Crippen MR) is 113 cm³/mol. The Morgan fingerprint density at radius 3 is 2.03 bits per heavy atom. The molecule has 2 heterocycles. The van der Waals surface area contributed by atoms with Gasteiger partial charge in [0.2, 0.25) is 0 Å². The fourth-order valence-corrected chi connectivity index (χ4v) is 2.68. The maximum atomic E-state index is 14.7. The molecule has 29 heavy (non-hydrogen) atoms. The van der Waals surface area contributed by atoms with E-state index in [0.29, 0.717) is 11.2 Å². The number of fused-ring (bicyclic) bond motifs is 1. The van der Waals surface area contributed by atoms with Crippen molar-refractivity contribution in [2.45, 2.75) is 33.6 Å². The molecule has 2 aromatic heterocycles. The van der Waals surface area contributed by atoms with Gasteiger partial charge in [0.05, 0.1) is 25.5 Å². The summed E-state index contributed by atoms with van der Waals surface area (Å²) in [6.07, 6.45) is 4.28. The molecule has 0 spiro atoms. The number of hydrogen-bond donors (Lipinski definition) is 1. The Morgan fingerprint density at radius 2 is 1.55 bits per heavy atom. The lowest BCUT2D eigenvalue weighted by Gasteiger charge is -2.14. The van der Waals surface area contributed by atoms with E-state index in [2.05, 4.69) is 29.1 Å². The van der Waals surface area contributed by atoms with E-state index in [-0.39, 0.29) is 22.8 Å². The molecule has 0 amide bonds. The second kappa shape index (κ2) is 10.0. The molecule has 5 nitrogen and oxygen atoms in total. The van der Waals surface area contributed by atoms with Crippen molar-refractivity contribution in [3.8, 4) is 22.8 Å². The standard InChI is InChI=1S/C18H17F2N3O2.C4H10/c1-9-5-11-10(8-22-9)6-12(23-18(11)21-2)15-16(19)13(24-3)7-14(25-4)17(15)20;1-3-4-2/h5-8H,1-4H3,(H,21,23);3-4H2,1-2H3. The molecule has 1 aromatic carbocycles. The average Bonchev–Trinajstić information content (AvgIpc) is 2.73. The third-order valence-corrected chi connectivity index (χ3v) is 4.42. The number of halogens is 2. The van der Waals surface area contributed by atoms with Gasteiger partial charge in [0.1, 0.15) is 5.82 Å². The second-order valence-electron chi connectivity index (χ2n) is 6.44. The second-order valence-corrected chi connectivity index (χ2v) is 6.44. The van der Waals surface area contributed by atoms with Crippen LogP contribution in [-0.4, -0.2) is 31.2 Å². The number of anilines is 1. The summed E-state index contributed by atoms with van der Waals surface area (Å²) >= 11 is 0. The Balaban J connectivity index is 0.000000687. The number of aromatic nitrogens is 2. The zero-order valence-corrected chi connectivity index (χ0v) is 17.7. The lowest BCUT2D eigenvalue weighted by atomic mass is 10.1. The first-order chi connectivity index (χ1) is 13.9. The molecule has 3 rings (SSSR count). The summed E-state index contributed by atoms with van der Waals surface area (Å²) in [4.78, 5) is 8.61. The van der Waals surface area contributed by atoms with Crippen molar-refractivity contribution in [2.75, 3.05) is 26.6 Å². The largest absolute Gasteiger partial charge is 0.494 e. The summed E-state index contributed by atoms with van der Waals surface area (Å²) in [6.45, 7) is 6.22. The van der Waals surface area contributed by atoms with Crippen molar-refractivity contribution in [1.82, 2.24) is 9.97 Å². The zero-order valence-electron chi connectivity index (χ0n) is 17.7. The van der Waals surface area contributed by atoms with E-state index in [1.54, 1.807) is 19.3 Å². The number of unbranched alkanes of at least 4 members (excludes halogenated alkanes) is 1. The van der Waals surface area contributed by atoms with Crippen molar-refractivity contribution in [1.29, 1.82) is 0 Å². The minimum absolute atomic E-state index is 0.120. The molecular weight excluding hydrogens is 376 g/mol. The van der Waals surface area contributed by atoms with Crippen LogP contribution in [0.1, 0.15) is 32.4 Å². The normalized spacial score (nSPS) is 10.3.